The molecule has 3 rings (SSSR count). The predicted molar refractivity (Wildman–Crippen MR) is 96.3 cm³/mol. The van der Waals surface area contributed by atoms with Gasteiger partial charge in [-0.1, -0.05) is 12.1 Å². The van der Waals surface area contributed by atoms with E-state index in [0.29, 0.717) is 13.0 Å². The van der Waals surface area contributed by atoms with Gasteiger partial charge in [0.15, 0.2) is 0 Å². The van der Waals surface area contributed by atoms with Crippen LogP contribution in [0.15, 0.2) is 36.7 Å². The van der Waals surface area contributed by atoms with Crippen LogP contribution >= 0.6 is 0 Å². The smallest absolute Gasteiger partial charge is 0.310 e. The summed E-state index contributed by atoms with van der Waals surface area (Å²) in [6, 6.07) is 4.68. The Labute approximate surface area is 156 Å². The highest BCUT2D eigenvalue weighted by Gasteiger charge is 2.39. The topological polar surface area (TPSA) is 50.2 Å². The molecule has 0 unspecified atom stereocenters. The summed E-state index contributed by atoms with van der Waals surface area (Å²) in [6.45, 7) is 6.79. The number of carbonyl (C=O) groups excluding carboxylic acids is 1. The van der Waals surface area contributed by atoms with Gasteiger partial charge >= 0.3 is 6.18 Å². The standard InChI is InChI=1S/C19H23F3N4O/c1-18(2,3)26-12-13(11-24-26)10-23-15-8-9-25(17(15)27)16-7-5-4-6-14(16)19(20,21)22/h4-7,11-12,15,23H,8-10H2,1-3H3/t15-/m0/s1. The number of carbonyl (C=O) groups is 1. The zero-order valence-corrected chi connectivity index (χ0v) is 15.5. The van der Waals surface area contributed by atoms with Crippen LogP contribution < -0.4 is 10.2 Å². The van der Waals surface area contributed by atoms with Crippen LogP contribution in [-0.4, -0.2) is 28.3 Å². The number of alkyl halides is 3. The summed E-state index contributed by atoms with van der Waals surface area (Å²) < 4.78 is 41.5. The highest BCUT2D eigenvalue weighted by Crippen LogP contribution is 2.37. The molecule has 0 aliphatic carbocycles. The Hall–Kier alpha value is -2.35. The number of nitrogens with zero attached hydrogens (tertiary/aromatic N) is 3. The molecule has 2 heterocycles. The number of amides is 1. The number of benzene rings is 1. The van der Waals surface area contributed by atoms with Gasteiger partial charge in [-0.2, -0.15) is 18.3 Å². The molecule has 1 atom stereocenters. The van der Waals surface area contributed by atoms with Gasteiger partial charge in [-0.15, -0.1) is 0 Å². The molecule has 27 heavy (non-hydrogen) atoms. The van der Waals surface area contributed by atoms with E-state index < -0.39 is 17.8 Å². The Kier molecular flexibility index (Phi) is 5.03. The first-order valence-electron chi connectivity index (χ1n) is 8.82. The number of rotatable bonds is 4. The van der Waals surface area contributed by atoms with Gasteiger partial charge in [-0.25, -0.2) is 0 Å². The number of halogens is 3. The molecule has 1 saturated heterocycles. The molecule has 0 radical (unpaired) electrons. The van der Waals surface area contributed by atoms with E-state index >= 15 is 0 Å². The number of aromatic nitrogens is 2. The third-order valence-corrected chi connectivity index (χ3v) is 4.58. The normalized spacial score (nSPS) is 18.4. The lowest BCUT2D eigenvalue weighted by Gasteiger charge is -2.21. The number of anilines is 1. The van der Waals surface area contributed by atoms with Crippen molar-refractivity contribution < 1.29 is 18.0 Å². The van der Waals surface area contributed by atoms with Crippen LogP contribution in [0.2, 0.25) is 0 Å². The third kappa shape index (κ3) is 4.16. The third-order valence-electron chi connectivity index (χ3n) is 4.58. The van der Waals surface area contributed by atoms with E-state index in [1.165, 1.54) is 23.1 Å². The van der Waals surface area contributed by atoms with E-state index in [9.17, 15) is 18.0 Å². The molecule has 1 aromatic heterocycles. The van der Waals surface area contributed by atoms with Crippen molar-refractivity contribution >= 4 is 11.6 Å². The van der Waals surface area contributed by atoms with Crippen molar-refractivity contribution in [2.45, 2.75) is 51.5 Å². The summed E-state index contributed by atoms with van der Waals surface area (Å²) >= 11 is 0. The molecule has 1 aromatic carbocycles. The Bertz CT molecular complexity index is 823. The molecule has 0 saturated carbocycles. The number of hydrogen-bond donors (Lipinski definition) is 1. The average Bonchev–Trinajstić information content (AvgIpc) is 3.19. The summed E-state index contributed by atoms with van der Waals surface area (Å²) in [4.78, 5) is 13.9. The van der Waals surface area contributed by atoms with Gasteiger partial charge in [0.05, 0.1) is 29.0 Å². The van der Waals surface area contributed by atoms with E-state index in [0.717, 1.165) is 11.6 Å². The van der Waals surface area contributed by atoms with Crippen LogP contribution in [0.3, 0.4) is 0 Å². The van der Waals surface area contributed by atoms with Crippen molar-refractivity contribution in [2.75, 3.05) is 11.4 Å². The van der Waals surface area contributed by atoms with Crippen molar-refractivity contribution in [3.05, 3.63) is 47.8 Å². The van der Waals surface area contributed by atoms with E-state index in [1.807, 2.05) is 31.6 Å². The van der Waals surface area contributed by atoms with E-state index in [-0.39, 0.29) is 23.7 Å². The molecule has 146 valence electrons. The predicted octanol–water partition coefficient (Wildman–Crippen LogP) is 3.55. The van der Waals surface area contributed by atoms with Gasteiger partial charge in [-0.3, -0.25) is 9.48 Å². The first-order chi connectivity index (χ1) is 12.6. The van der Waals surface area contributed by atoms with E-state index in [2.05, 4.69) is 10.4 Å². The van der Waals surface area contributed by atoms with E-state index in [1.54, 1.807) is 6.20 Å². The van der Waals surface area contributed by atoms with Gasteiger partial charge in [0, 0.05) is 24.8 Å². The molecule has 0 spiro atoms. The first-order valence-corrected chi connectivity index (χ1v) is 8.82. The van der Waals surface area contributed by atoms with Gasteiger partial charge in [0.25, 0.3) is 0 Å². The minimum absolute atomic E-state index is 0.0835. The molecule has 1 fully saturated rings. The summed E-state index contributed by atoms with van der Waals surface area (Å²) in [7, 11) is 0. The van der Waals surface area contributed by atoms with Crippen LogP contribution in [0.25, 0.3) is 0 Å². The van der Waals surface area contributed by atoms with Crippen LogP contribution in [0, 0.1) is 0 Å². The molecule has 0 bridgehead atoms. The SMILES string of the molecule is CC(C)(C)n1cc(CN[C@H]2CCN(c3ccccc3C(F)(F)F)C2=O)cn1. The van der Waals surface area contributed by atoms with Gasteiger partial charge in [0.1, 0.15) is 0 Å². The Balaban J connectivity index is 1.69. The van der Waals surface area contributed by atoms with Crippen LogP contribution in [0.5, 0.6) is 0 Å². The first kappa shape index (κ1) is 19.4. The Morgan fingerprint density at radius 3 is 2.56 bits per heavy atom. The monoisotopic (exact) mass is 380 g/mol. The maximum absolute atomic E-state index is 13.2. The molecule has 1 N–H and O–H groups in total. The number of hydrogen-bond acceptors (Lipinski definition) is 3. The van der Waals surface area contributed by atoms with Crippen molar-refractivity contribution in [3.63, 3.8) is 0 Å². The lowest BCUT2D eigenvalue weighted by atomic mass is 10.1. The van der Waals surface area contributed by atoms with Crippen LogP contribution in [-0.2, 0) is 23.1 Å². The summed E-state index contributed by atoms with van der Waals surface area (Å²) in [5.41, 5.74) is -0.0864. The highest BCUT2D eigenvalue weighted by molar-refractivity contribution is 6.00. The number of nitrogens with one attached hydrogen (secondary N) is 1. The molecule has 2 aromatic rings. The average molecular weight is 380 g/mol. The quantitative estimate of drug-likeness (QED) is 0.883. The second-order valence-electron chi connectivity index (χ2n) is 7.69. The Morgan fingerprint density at radius 2 is 1.93 bits per heavy atom. The summed E-state index contributed by atoms with van der Waals surface area (Å²) in [5, 5.41) is 7.45. The molecular weight excluding hydrogens is 357 g/mol. The molecule has 8 heteroatoms. The van der Waals surface area contributed by atoms with Crippen molar-refractivity contribution in [1.29, 1.82) is 0 Å². The lowest BCUT2D eigenvalue weighted by Crippen LogP contribution is -2.38. The fourth-order valence-electron chi connectivity index (χ4n) is 3.12. The maximum atomic E-state index is 13.2. The second-order valence-corrected chi connectivity index (χ2v) is 7.69. The molecule has 1 aliphatic heterocycles. The highest BCUT2D eigenvalue weighted by atomic mass is 19.4. The second kappa shape index (κ2) is 6.99. The minimum atomic E-state index is -4.50. The summed E-state index contributed by atoms with van der Waals surface area (Å²) in [5.74, 6) is -0.338. The number of para-hydroxylation sites is 1. The molecule has 1 aliphatic rings. The van der Waals surface area contributed by atoms with E-state index in [4.69, 9.17) is 0 Å². The zero-order chi connectivity index (χ0) is 19.8. The van der Waals surface area contributed by atoms with Gasteiger partial charge in [0.2, 0.25) is 5.91 Å². The lowest BCUT2D eigenvalue weighted by molar-refractivity contribution is -0.137. The van der Waals surface area contributed by atoms with Crippen LogP contribution in [0.4, 0.5) is 18.9 Å². The zero-order valence-electron chi connectivity index (χ0n) is 15.5. The maximum Gasteiger partial charge on any atom is 0.418 e. The molecule has 1 amide bonds. The fourth-order valence-corrected chi connectivity index (χ4v) is 3.12. The van der Waals surface area contributed by atoms with Crippen molar-refractivity contribution in [1.82, 2.24) is 15.1 Å². The minimum Gasteiger partial charge on any atom is -0.310 e. The van der Waals surface area contributed by atoms with Gasteiger partial charge < -0.3 is 10.2 Å². The van der Waals surface area contributed by atoms with Crippen molar-refractivity contribution in [2.24, 2.45) is 0 Å². The molecular formula is C19H23F3N4O. The van der Waals surface area contributed by atoms with Gasteiger partial charge in [-0.05, 0) is 39.3 Å². The molecule has 5 nitrogen and oxygen atoms in total. The fraction of sp³-hybridized carbons (Fsp3) is 0.474. The van der Waals surface area contributed by atoms with Crippen molar-refractivity contribution in [3.8, 4) is 0 Å². The largest absolute Gasteiger partial charge is 0.418 e. The van der Waals surface area contributed by atoms with Crippen LogP contribution in [0.1, 0.15) is 38.3 Å². The Morgan fingerprint density at radius 1 is 1.22 bits per heavy atom. The summed E-state index contributed by atoms with van der Waals surface area (Å²) in [6.07, 6.45) is -0.403.